The molecule has 2 aliphatic rings. The smallest absolute Gasteiger partial charge is 0.272 e. The van der Waals surface area contributed by atoms with Gasteiger partial charge in [0.05, 0.1) is 5.92 Å². The third-order valence-electron chi connectivity index (χ3n) is 5.56. The van der Waals surface area contributed by atoms with Crippen LogP contribution < -0.4 is 4.90 Å². The second-order valence-electron chi connectivity index (χ2n) is 7.87. The molecule has 0 radical (unpaired) electrons. The summed E-state index contributed by atoms with van der Waals surface area (Å²) in [5, 5.41) is 0. The summed E-state index contributed by atoms with van der Waals surface area (Å²) >= 11 is 0. The summed E-state index contributed by atoms with van der Waals surface area (Å²) in [5.74, 6) is 1.69. The number of hydrogen-bond acceptors (Lipinski definition) is 4. The zero-order valence-electron chi connectivity index (χ0n) is 16.1. The fraction of sp³-hybridized carbons (Fsp3) is 0.650. The van der Waals surface area contributed by atoms with Gasteiger partial charge < -0.3 is 14.7 Å². The highest BCUT2D eigenvalue weighted by Gasteiger charge is 2.28. The number of hydrogen-bond donors (Lipinski definition) is 0. The van der Waals surface area contributed by atoms with Gasteiger partial charge in [-0.15, -0.1) is 0 Å². The molecular weight excluding hydrogens is 328 g/mol. The van der Waals surface area contributed by atoms with Gasteiger partial charge in [0.2, 0.25) is 5.91 Å². The molecule has 2 fully saturated rings. The Bertz CT molecular complexity index is 653. The third kappa shape index (κ3) is 4.17. The molecule has 0 aromatic carbocycles. The van der Waals surface area contributed by atoms with Gasteiger partial charge in [-0.2, -0.15) is 0 Å². The lowest BCUT2D eigenvalue weighted by atomic mass is 9.96. The molecule has 0 bridgehead atoms. The fourth-order valence-electron chi connectivity index (χ4n) is 3.84. The third-order valence-corrected chi connectivity index (χ3v) is 5.56. The van der Waals surface area contributed by atoms with Gasteiger partial charge in [-0.1, -0.05) is 13.0 Å². The van der Waals surface area contributed by atoms with Crippen LogP contribution in [0, 0.1) is 11.8 Å². The van der Waals surface area contributed by atoms with Crippen LogP contribution in [0.2, 0.25) is 0 Å². The van der Waals surface area contributed by atoms with E-state index in [0.29, 0.717) is 18.2 Å². The van der Waals surface area contributed by atoms with Crippen molar-refractivity contribution in [3.63, 3.8) is 0 Å². The van der Waals surface area contributed by atoms with E-state index in [1.165, 1.54) is 0 Å². The van der Waals surface area contributed by atoms with E-state index in [9.17, 15) is 9.59 Å². The number of carbonyl (C=O) groups is 2. The average molecular weight is 358 g/mol. The number of anilines is 1. The number of amides is 2. The summed E-state index contributed by atoms with van der Waals surface area (Å²) in [6.45, 7) is 5.42. The van der Waals surface area contributed by atoms with Crippen molar-refractivity contribution < 1.29 is 9.59 Å². The normalized spacial score (nSPS) is 21.6. The Kier molecular flexibility index (Phi) is 5.79. The lowest BCUT2D eigenvalue weighted by molar-refractivity contribution is -0.133. The summed E-state index contributed by atoms with van der Waals surface area (Å²) in [5.41, 5.74) is 0.512. The van der Waals surface area contributed by atoms with E-state index in [1.807, 2.05) is 17.0 Å². The van der Waals surface area contributed by atoms with Crippen molar-refractivity contribution in [3.05, 3.63) is 23.9 Å². The van der Waals surface area contributed by atoms with E-state index in [0.717, 1.165) is 51.1 Å². The molecule has 0 unspecified atom stereocenters. The maximum Gasteiger partial charge on any atom is 0.272 e. The van der Waals surface area contributed by atoms with Crippen molar-refractivity contribution in [2.75, 3.05) is 45.2 Å². The van der Waals surface area contributed by atoms with Gasteiger partial charge in [0.25, 0.3) is 5.91 Å². The zero-order valence-corrected chi connectivity index (χ0v) is 16.1. The van der Waals surface area contributed by atoms with Gasteiger partial charge in [0, 0.05) is 40.3 Å². The molecular formula is C20H30N4O2. The Morgan fingerprint density at radius 3 is 2.54 bits per heavy atom. The van der Waals surface area contributed by atoms with Gasteiger partial charge in [0.15, 0.2) is 0 Å². The van der Waals surface area contributed by atoms with E-state index in [1.54, 1.807) is 25.1 Å². The minimum atomic E-state index is 0.00323. The van der Waals surface area contributed by atoms with E-state index in [2.05, 4.69) is 16.8 Å². The zero-order chi connectivity index (χ0) is 18.7. The van der Waals surface area contributed by atoms with E-state index in [-0.39, 0.29) is 17.7 Å². The van der Waals surface area contributed by atoms with E-state index < -0.39 is 0 Å². The lowest BCUT2D eigenvalue weighted by Crippen LogP contribution is -2.43. The molecule has 2 saturated heterocycles. The van der Waals surface area contributed by atoms with Gasteiger partial charge in [-0.3, -0.25) is 9.59 Å². The van der Waals surface area contributed by atoms with Crippen molar-refractivity contribution in [1.82, 2.24) is 14.8 Å². The van der Waals surface area contributed by atoms with Crippen LogP contribution in [0.1, 0.15) is 43.1 Å². The molecule has 3 heterocycles. The Balaban J connectivity index is 1.70. The van der Waals surface area contributed by atoms with E-state index >= 15 is 0 Å². The van der Waals surface area contributed by atoms with E-state index in [4.69, 9.17) is 0 Å². The molecule has 1 aromatic heterocycles. The standard InChI is InChI=1S/C20H30N4O2/c1-15-9-12-23(13-10-15)20(26)17-7-4-8-18(21-17)24-11-5-6-16(14-24)19(25)22(2)3/h4,7-8,15-16H,5-6,9-14H2,1-3H3/t16-/m1/s1. The molecule has 6 heteroatoms. The minimum Gasteiger partial charge on any atom is -0.356 e. The summed E-state index contributed by atoms with van der Waals surface area (Å²) in [6.07, 6.45) is 4.00. The average Bonchev–Trinajstić information content (AvgIpc) is 2.67. The van der Waals surface area contributed by atoms with Gasteiger partial charge in [-0.25, -0.2) is 4.98 Å². The predicted octanol–water partition coefficient (Wildman–Crippen LogP) is 2.26. The maximum absolute atomic E-state index is 12.8. The second-order valence-corrected chi connectivity index (χ2v) is 7.87. The predicted molar refractivity (Wildman–Crippen MR) is 102 cm³/mol. The summed E-state index contributed by atoms with van der Waals surface area (Å²) < 4.78 is 0. The van der Waals surface area contributed by atoms with Crippen LogP contribution in [0.15, 0.2) is 18.2 Å². The van der Waals surface area contributed by atoms with Gasteiger partial charge >= 0.3 is 0 Å². The minimum absolute atomic E-state index is 0.00323. The van der Waals surface area contributed by atoms with Crippen LogP contribution >= 0.6 is 0 Å². The molecule has 0 aliphatic carbocycles. The van der Waals surface area contributed by atoms with Crippen molar-refractivity contribution in [3.8, 4) is 0 Å². The number of rotatable bonds is 3. The number of pyridine rings is 1. The molecule has 1 aromatic rings. The van der Waals surface area contributed by atoms with Crippen LogP contribution in [0.4, 0.5) is 5.82 Å². The Morgan fingerprint density at radius 1 is 1.12 bits per heavy atom. The molecule has 0 N–H and O–H groups in total. The largest absolute Gasteiger partial charge is 0.356 e. The fourth-order valence-corrected chi connectivity index (χ4v) is 3.84. The first-order valence-corrected chi connectivity index (χ1v) is 9.68. The summed E-state index contributed by atoms with van der Waals surface area (Å²) in [6, 6.07) is 5.65. The van der Waals surface area contributed by atoms with Crippen molar-refractivity contribution in [2.24, 2.45) is 11.8 Å². The molecule has 6 nitrogen and oxygen atoms in total. The topological polar surface area (TPSA) is 56.8 Å². The Hall–Kier alpha value is -2.11. The molecule has 0 spiro atoms. The molecule has 2 aliphatic heterocycles. The highest BCUT2D eigenvalue weighted by molar-refractivity contribution is 5.92. The second kappa shape index (κ2) is 8.06. The first kappa shape index (κ1) is 18.7. The van der Waals surface area contributed by atoms with Crippen LogP contribution in [-0.2, 0) is 4.79 Å². The van der Waals surface area contributed by atoms with Crippen LogP contribution in [0.3, 0.4) is 0 Å². The monoisotopic (exact) mass is 358 g/mol. The Labute approximate surface area is 156 Å². The quantitative estimate of drug-likeness (QED) is 0.832. The van der Waals surface area contributed by atoms with Gasteiger partial charge in [0.1, 0.15) is 11.5 Å². The SMILES string of the molecule is CC1CCN(C(=O)c2cccc(N3CCC[C@@H](C(=O)N(C)C)C3)n2)CC1. The number of aromatic nitrogens is 1. The first-order valence-electron chi connectivity index (χ1n) is 9.68. The van der Waals surface area contributed by atoms with Crippen LogP contribution in [-0.4, -0.2) is 66.9 Å². The number of likely N-dealkylation sites (tertiary alicyclic amines) is 1. The molecule has 2 amide bonds. The highest BCUT2D eigenvalue weighted by Crippen LogP contribution is 2.24. The Morgan fingerprint density at radius 2 is 1.85 bits per heavy atom. The molecule has 142 valence electrons. The molecule has 1 atom stereocenters. The molecule has 26 heavy (non-hydrogen) atoms. The number of nitrogens with zero attached hydrogens (tertiary/aromatic N) is 4. The summed E-state index contributed by atoms with van der Waals surface area (Å²) in [4.78, 5) is 35.5. The number of piperidine rings is 2. The lowest BCUT2D eigenvalue weighted by Gasteiger charge is -2.34. The summed E-state index contributed by atoms with van der Waals surface area (Å²) in [7, 11) is 3.61. The van der Waals surface area contributed by atoms with Crippen LogP contribution in [0.5, 0.6) is 0 Å². The molecule has 0 saturated carbocycles. The van der Waals surface area contributed by atoms with Crippen molar-refractivity contribution in [1.29, 1.82) is 0 Å². The first-order chi connectivity index (χ1) is 12.5. The van der Waals surface area contributed by atoms with Crippen LogP contribution in [0.25, 0.3) is 0 Å². The van der Waals surface area contributed by atoms with Crippen molar-refractivity contribution in [2.45, 2.75) is 32.6 Å². The number of carbonyl (C=O) groups excluding carboxylic acids is 2. The highest BCUT2D eigenvalue weighted by atomic mass is 16.2. The van der Waals surface area contributed by atoms with Crippen molar-refractivity contribution >= 4 is 17.6 Å². The van der Waals surface area contributed by atoms with Gasteiger partial charge in [-0.05, 0) is 43.7 Å². The molecule has 3 rings (SSSR count). The maximum atomic E-state index is 12.8.